The van der Waals surface area contributed by atoms with Gasteiger partial charge in [-0.2, -0.15) is 0 Å². The third kappa shape index (κ3) is 10.4. The highest BCUT2D eigenvalue weighted by atomic mass is 79.9. The number of hydrogen-bond donors (Lipinski definition) is 2. The van der Waals surface area contributed by atoms with Crippen LogP contribution in [0.1, 0.15) is 11.1 Å². The summed E-state index contributed by atoms with van der Waals surface area (Å²) in [5.41, 5.74) is 15.9. The monoisotopic (exact) mass is 790 g/mol. The number of nitrogens with zero attached hydrogens (tertiary/aromatic N) is 2. The van der Waals surface area contributed by atoms with Crippen molar-refractivity contribution in [1.29, 1.82) is 0 Å². The second-order valence-corrected chi connectivity index (χ2v) is 11.1. The average Bonchev–Trinajstić information content (AvgIpc) is 2.73. The Morgan fingerprint density at radius 1 is 0.706 bits per heavy atom. The van der Waals surface area contributed by atoms with Crippen molar-refractivity contribution < 1.29 is 0 Å². The van der Waals surface area contributed by atoms with Crippen LogP contribution in [0.15, 0.2) is 79.6 Å². The van der Waals surface area contributed by atoms with Crippen LogP contribution in [0, 0.1) is 0 Å². The van der Waals surface area contributed by atoms with Crippen molar-refractivity contribution in [2.45, 2.75) is 11.5 Å². The summed E-state index contributed by atoms with van der Waals surface area (Å²) >= 11 is 22.3. The summed E-state index contributed by atoms with van der Waals surface area (Å²) in [6, 6.07) is 19.0. The van der Waals surface area contributed by atoms with Crippen LogP contribution >= 0.6 is 113 Å². The highest BCUT2D eigenvalue weighted by Gasteiger charge is 2.10. The van der Waals surface area contributed by atoms with E-state index in [9.17, 15) is 0 Å². The summed E-state index contributed by atoms with van der Waals surface area (Å²) in [5.74, 6) is 1.19. The van der Waals surface area contributed by atoms with Gasteiger partial charge in [0, 0.05) is 20.5 Å². The van der Waals surface area contributed by atoms with E-state index in [2.05, 4.69) is 41.8 Å². The van der Waals surface area contributed by atoms with E-state index in [4.69, 9.17) is 34.7 Å². The SMILES string of the molecule is Br.Br.NC(=Nc1cccc(Br)c1)SCc1cc(Cl)c(Cl)cc1CSC(N)=Nc1cccc(Br)c1. The minimum Gasteiger partial charge on any atom is -0.378 e. The molecule has 0 aliphatic carbocycles. The molecule has 0 spiro atoms. The Morgan fingerprint density at radius 2 is 1.09 bits per heavy atom. The molecule has 34 heavy (non-hydrogen) atoms. The first-order chi connectivity index (χ1) is 15.3. The largest absolute Gasteiger partial charge is 0.378 e. The molecule has 0 bridgehead atoms. The molecule has 4 nitrogen and oxygen atoms in total. The zero-order chi connectivity index (χ0) is 23.1. The first kappa shape index (κ1) is 31.8. The van der Waals surface area contributed by atoms with Gasteiger partial charge in [0.25, 0.3) is 0 Å². The number of thioether (sulfide) groups is 2. The zero-order valence-electron chi connectivity index (χ0n) is 17.4. The van der Waals surface area contributed by atoms with Crippen LogP contribution in [0.5, 0.6) is 0 Å². The van der Waals surface area contributed by atoms with Crippen molar-refractivity contribution in [3.05, 3.63) is 90.8 Å². The van der Waals surface area contributed by atoms with Crippen LogP contribution in [0.4, 0.5) is 11.4 Å². The van der Waals surface area contributed by atoms with E-state index in [-0.39, 0.29) is 34.0 Å². The van der Waals surface area contributed by atoms with Crippen LogP contribution in [0.25, 0.3) is 0 Å². The summed E-state index contributed by atoms with van der Waals surface area (Å²) in [6.45, 7) is 0. The number of amidine groups is 2. The smallest absolute Gasteiger partial charge is 0.159 e. The highest BCUT2D eigenvalue weighted by molar-refractivity contribution is 9.10. The molecule has 0 unspecified atom stereocenters. The first-order valence-electron chi connectivity index (χ1n) is 9.22. The van der Waals surface area contributed by atoms with Crippen molar-refractivity contribution in [2.75, 3.05) is 0 Å². The van der Waals surface area contributed by atoms with Gasteiger partial charge in [0.05, 0.1) is 21.4 Å². The second kappa shape index (κ2) is 15.8. The Kier molecular flexibility index (Phi) is 14.8. The van der Waals surface area contributed by atoms with Gasteiger partial charge in [0.2, 0.25) is 0 Å². The van der Waals surface area contributed by atoms with Crippen LogP contribution in [-0.2, 0) is 11.5 Å². The molecule has 3 aromatic rings. The molecule has 12 heteroatoms. The van der Waals surface area contributed by atoms with Crippen LogP contribution in [-0.4, -0.2) is 10.3 Å². The Labute approximate surface area is 255 Å². The van der Waals surface area contributed by atoms with Crippen LogP contribution in [0.2, 0.25) is 10.0 Å². The molecule has 0 saturated heterocycles. The van der Waals surface area contributed by atoms with Gasteiger partial charge in [0.1, 0.15) is 0 Å². The molecular formula is C22H20Br4Cl2N4S2. The van der Waals surface area contributed by atoms with E-state index in [1.807, 2.05) is 60.7 Å². The number of aliphatic imine (C=N–C) groups is 2. The van der Waals surface area contributed by atoms with Gasteiger partial charge < -0.3 is 11.5 Å². The first-order valence-corrected chi connectivity index (χ1v) is 13.5. The zero-order valence-corrected chi connectivity index (χ0v) is 27.1. The molecule has 3 rings (SSSR count). The fraction of sp³-hybridized carbons (Fsp3) is 0.0909. The maximum Gasteiger partial charge on any atom is 0.159 e. The molecule has 0 radical (unpaired) electrons. The van der Waals surface area contributed by atoms with Gasteiger partial charge in [-0.05, 0) is 59.7 Å². The summed E-state index contributed by atoms with van der Waals surface area (Å²) < 4.78 is 1.89. The van der Waals surface area contributed by atoms with E-state index in [0.717, 1.165) is 31.4 Å². The predicted octanol–water partition coefficient (Wildman–Crippen LogP) is 9.43. The lowest BCUT2D eigenvalue weighted by atomic mass is 10.1. The van der Waals surface area contributed by atoms with Crippen molar-refractivity contribution >= 4 is 134 Å². The molecule has 0 aliphatic rings. The fourth-order valence-electron chi connectivity index (χ4n) is 2.61. The van der Waals surface area contributed by atoms with Gasteiger partial charge in [-0.15, -0.1) is 34.0 Å². The van der Waals surface area contributed by atoms with E-state index in [0.29, 0.717) is 31.9 Å². The quantitative estimate of drug-likeness (QED) is 0.193. The minimum absolute atomic E-state index is 0. The highest BCUT2D eigenvalue weighted by Crippen LogP contribution is 2.31. The Morgan fingerprint density at radius 3 is 1.44 bits per heavy atom. The van der Waals surface area contributed by atoms with Gasteiger partial charge in [-0.25, -0.2) is 9.98 Å². The van der Waals surface area contributed by atoms with Crippen molar-refractivity contribution in [2.24, 2.45) is 21.5 Å². The number of halogens is 6. The van der Waals surface area contributed by atoms with Gasteiger partial charge >= 0.3 is 0 Å². The number of hydrogen-bond acceptors (Lipinski definition) is 4. The number of nitrogens with two attached hydrogens (primary N) is 2. The lowest BCUT2D eigenvalue weighted by molar-refractivity contribution is 1.29. The van der Waals surface area contributed by atoms with Crippen molar-refractivity contribution in [3.8, 4) is 0 Å². The standard InChI is InChI=1S/C22H18Br2Cl2N4S2.2BrH/c23-15-3-1-5-17(9-15)29-21(27)31-11-13-7-19(25)20(26)8-14(13)12-32-22(28)30-18-6-2-4-16(24)10-18;;/h1-10H,11-12H2,(H2,27,29)(H2,28,30);2*1H. The van der Waals surface area contributed by atoms with Gasteiger partial charge in [-0.1, -0.05) is 90.7 Å². The van der Waals surface area contributed by atoms with Gasteiger partial charge in [-0.3, -0.25) is 0 Å². The van der Waals surface area contributed by atoms with Crippen molar-refractivity contribution in [3.63, 3.8) is 0 Å². The second-order valence-electron chi connectivity index (χ2n) is 6.47. The molecule has 0 aromatic heterocycles. The summed E-state index contributed by atoms with van der Waals surface area (Å²) in [6.07, 6.45) is 0. The lowest BCUT2D eigenvalue weighted by Crippen LogP contribution is -2.08. The predicted molar refractivity (Wildman–Crippen MR) is 171 cm³/mol. The fourth-order valence-corrected chi connectivity index (χ4v) is 5.24. The van der Waals surface area contributed by atoms with Crippen molar-refractivity contribution in [1.82, 2.24) is 0 Å². The van der Waals surface area contributed by atoms with Crippen LogP contribution in [0.3, 0.4) is 0 Å². The number of benzene rings is 3. The average molecular weight is 795 g/mol. The molecule has 0 amide bonds. The summed E-state index contributed by atoms with van der Waals surface area (Å²) in [7, 11) is 0. The normalized spacial score (nSPS) is 11.5. The molecule has 0 saturated carbocycles. The maximum absolute atomic E-state index is 6.27. The Hall–Kier alpha value is -0.200. The Bertz CT molecular complexity index is 1090. The molecular weight excluding hydrogens is 775 g/mol. The minimum atomic E-state index is 0. The summed E-state index contributed by atoms with van der Waals surface area (Å²) in [4.78, 5) is 8.91. The molecule has 0 heterocycles. The molecule has 0 atom stereocenters. The van der Waals surface area contributed by atoms with Crippen LogP contribution < -0.4 is 11.5 Å². The molecule has 4 N–H and O–H groups in total. The third-order valence-corrected chi connectivity index (χ3v) is 7.48. The summed E-state index contributed by atoms with van der Waals surface area (Å²) in [5, 5.41) is 1.91. The maximum atomic E-state index is 6.27. The molecule has 0 fully saturated rings. The Balaban J connectivity index is 0.00000289. The van der Waals surface area contributed by atoms with Gasteiger partial charge in [0.15, 0.2) is 10.3 Å². The topological polar surface area (TPSA) is 76.8 Å². The third-order valence-electron chi connectivity index (χ3n) is 4.09. The van der Waals surface area contributed by atoms with E-state index >= 15 is 0 Å². The molecule has 182 valence electrons. The van der Waals surface area contributed by atoms with E-state index in [1.54, 1.807) is 0 Å². The van der Waals surface area contributed by atoms with E-state index in [1.165, 1.54) is 23.5 Å². The molecule has 3 aromatic carbocycles. The van der Waals surface area contributed by atoms with E-state index < -0.39 is 0 Å². The number of rotatable bonds is 6. The lowest BCUT2D eigenvalue weighted by Gasteiger charge is -2.11. The molecule has 0 aliphatic heterocycles.